The van der Waals surface area contributed by atoms with E-state index < -0.39 is 0 Å². The van der Waals surface area contributed by atoms with E-state index in [0.717, 1.165) is 47.4 Å². The Kier molecular flexibility index (Phi) is 6.51. The summed E-state index contributed by atoms with van der Waals surface area (Å²) in [5, 5.41) is 10.7. The van der Waals surface area contributed by atoms with E-state index in [0.29, 0.717) is 5.02 Å². The van der Waals surface area contributed by atoms with Gasteiger partial charge in [-0.05, 0) is 54.5 Å². The third-order valence-corrected chi connectivity index (χ3v) is 6.71. The van der Waals surface area contributed by atoms with Gasteiger partial charge in [-0.1, -0.05) is 68.4 Å². The first-order valence-electron chi connectivity index (χ1n) is 10.5. The predicted octanol–water partition coefficient (Wildman–Crippen LogP) is 6.55. The first-order valence-corrected chi connectivity index (χ1v) is 11.8. The fraction of sp³-hybridized carbons (Fsp3) is 0.417. The maximum Gasteiger partial charge on any atom is 0.196 e. The zero-order valence-corrected chi connectivity index (χ0v) is 19.3. The van der Waals surface area contributed by atoms with Crippen LogP contribution in [-0.2, 0) is 10.2 Å². The number of hydrogen-bond acceptors (Lipinski definition) is 4. The lowest BCUT2D eigenvalue weighted by Crippen LogP contribution is -2.21. The summed E-state index contributed by atoms with van der Waals surface area (Å²) in [7, 11) is 0. The van der Waals surface area contributed by atoms with Crippen LogP contribution in [0.3, 0.4) is 0 Å². The SMILES string of the molecule is CC(C)(C)c1ccc(-c2nnc(SCC3CCCCO3)n2-c2ccc(Cl)cc2)cc1. The van der Waals surface area contributed by atoms with Gasteiger partial charge in [0.1, 0.15) is 0 Å². The number of rotatable bonds is 5. The van der Waals surface area contributed by atoms with Gasteiger partial charge < -0.3 is 4.74 Å². The summed E-state index contributed by atoms with van der Waals surface area (Å²) in [5.41, 5.74) is 3.47. The molecule has 0 N–H and O–H groups in total. The van der Waals surface area contributed by atoms with E-state index in [9.17, 15) is 0 Å². The van der Waals surface area contributed by atoms with Crippen molar-refractivity contribution in [2.45, 2.75) is 56.7 Å². The molecule has 4 nitrogen and oxygen atoms in total. The summed E-state index contributed by atoms with van der Waals surface area (Å²) < 4.78 is 8.02. The number of benzene rings is 2. The Morgan fingerprint density at radius 3 is 2.40 bits per heavy atom. The number of nitrogens with zero attached hydrogens (tertiary/aromatic N) is 3. The smallest absolute Gasteiger partial charge is 0.196 e. The van der Waals surface area contributed by atoms with Crippen LogP contribution in [-0.4, -0.2) is 33.2 Å². The minimum absolute atomic E-state index is 0.114. The minimum Gasteiger partial charge on any atom is -0.377 e. The molecule has 0 spiro atoms. The lowest BCUT2D eigenvalue weighted by molar-refractivity contribution is 0.0315. The van der Waals surface area contributed by atoms with Crippen molar-refractivity contribution in [1.82, 2.24) is 14.8 Å². The molecule has 1 aromatic heterocycles. The van der Waals surface area contributed by atoms with Gasteiger partial charge in [-0.2, -0.15) is 0 Å². The molecule has 0 aliphatic carbocycles. The van der Waals surface area contributed by atoms with Gasteiger partial charge in [0.25, 0.3) is 0 Å². The number of ether oxygens (including phenoxy) is 1. The van der Waals surface area contributed by atoms with E-state index in [4.69, 9.17) is 16.3 Å². The zero-order chi connectivity index (χ0) is 21.1. The van der Waals surface area contributed by atoms with Crippen molar-refractivity contribution in [1.29, 1.82) is 0 Å². The predicted molar refractivity (Wildman–Crippen MR) is 125 cm³/mol. The van der Waals surface area contributed by atoms with E-state index >= 15 is 0 Å². The molecule has 0 saturated carbocycles. The van der Waals surface area contributed by atoms with Crippen LogP contribution in [0, 0.1) is 0 Å². The molecule has 2 heterocycles. The molecule has 1 unspecified atom stereocenters. The maximum absolute atomic E-state index is 6.13. The van der Waals surface area contributed by atoms with Crippen molar-refractivity contribution in [3.8, 4) is 17.1 Å². The Balaban J connectivity index is 1.67. The second-order valence-electron chi connectivity index (χ2n) is 8.74. The molecule has 1 saturated heterocycles. The Bertz CT molecular complexity index is 971. The van der Waals surface area contributed by atoms with E-state index in [1.807, 2.05) is 24.3 Å². The van der Waals surface area contributed by atoms with Crippen LogP contribution in [0.2, 0.25) is 5.02 Å². The normalized spacial score (nSPS) is 17.3. The summed E-state index contributed by atoms with van der Waals surface area (Å²) >= 11 is 7.84. The second kappa shape index (κ2) is 9.13. The molecule has 0 radical (unpaired) electrons. The highest BCUT2D eigenvalue weighted by molar-refractivity contribution is 7.99. The Labute approximate surface area is 188 Å². The summed E-state index contributed by atoms with van der Waals surface area (Å²) in [5.74, 6) is 1.72. The van der Waals surface area contributed by atoms with Crippen LogP contribution < -0.4 is 0 Å². The van der Waals surface area contributed by atoms with Crippen molar-refractivity contribution in [3.05, 3.63) is 59.1 Å². The van der Waals surface area contributed by atoms with E-state index in [2.05, 4.69) is 59.8 Å². The average molecular weight is 442 g/mol. The standard InChI is InChI=1S/C24H28ClN3OS/c1-24(2,3)18-9-7-17(8-10-18)22-26-27-23(30-16-21-6-4-5-15-29-21)28(22)20-13-11-19(25)12-14-20/h7-14,21H,4-6,15-16H2,1-3H3. The summed E-state index contributed by atoms with van der Waals surface area (Å²) in [6, 6.07) is 16.5. The van der Waals surface area contributed by atoms with E-state index in [-0.39, 0.29) is 11.5 Å². The van der Waals surface area contributed by atoms with Crippen LogP contribution >= 0.6 is 23.4 Å². The fourth-order valence-electron chi connectivity index (χ4n) is 3.60. The molecule has 0 bridgehead atoms. The summed E-state index contributed by atoms with van der Waals surface area (Å²) in [4.78, 5) is 0. The van der Waals surface area contributed by atoms with Gasteiger partial charge >= 0.3 is 0 Å². The average Bonchev–Trinajstić information content (AvgIpc) is 3.17. The van der Waals surface area contributed by atoms with Crippen molar-refractivity contribution < 1.29 is 4.74 Å². The van der Waals surface area contributed by atoms with Gasteiger partial charge in [-0.3, -0.25) is 4.57 Å². The number of aromatic nitrogens is 3. The zero-order valence-electron chi connectivity index (χ0n) is 17.8. The van der Waals surface area contributed by atoms with Crippen LogP contribution in [0.1, 0.15) is 45.6 Å². The second-order valence-corrected chi connectivity index (χ2v) is 10.2. The first kappa shape index (κ1) is 21.4. The highest BCUT2D eigenvalue weighted by Gasteiger charge is 2.20. The van der Waals surface area contributed by atoms with Crippen LogP contribution in [0.15, 0.2) is 53.7 Å². The highest BCUT2D eigenvalue weighted by Crippen LogP contribution is 2.31. The van der Waals surface area contributed by atoms with E-state index in [1.54, 1.807) is 11.8 Å². The maximum atomic E-state index is 6.13. The van der Waals surface area contributed by atoms with Crippen LogP contribution in [0.25, 0.3) is 17.1 Å². The monoisotopic (exact) mass is 441 g/mol. The third kappa shape index (κ3) is 4.90. The molecular weight excluding hydrogens is 414 g/mol. The Hall–Kier alpha value is -1.82. The van der Waals surface area contributed by atoms with Gasteiger partial charge in [-0.15, -0.1) is 10.2 Å². The number of hydrogen-bond donors (Lipinski definition) is 0. The molecule has 3 aromatic rings. The third-order valence-electron chi connectivity index (χ3n) is 5.40. The lowest BCUT2D eigenvalue weighted by atomic mass is 9.87. The molecule has 1 aliphatic heterocycles. The lowest BCUT2D eigenvalue weighted by Gasteiger charge is -2.22. The Morgan fingerprint density at radius 1 is 1.03 bits per heavy atom. The van der Waals surface area contributed by atoms with Gasteiger partial charge in [0.15, 0.2) is 11.0 Å². The first-order chi connectivity index (χ1) is 14.4. The quantitative estimate of drug-likeness (QED) is 0.421. The van der Waals surface area contributed by atoms with Gasteiger partial charge in [0.2, 0.25) is 0 Å². The van der Waals surface area contributed by atoms with Crippen molar-refractivity contribution in [2.24, 2.45) is 0 Å². The molecular formula is C24H28ClN3OS. The topological polar surface area (TPSA) is 39.9 Å². The Morgan fingerprint density at radius 2 is 1.77 bits per heavy atom. The molecule has 30 heavy (non-hydrogen) atoms. The molecule has 0 amide bonds. The van der Waals surface area contributed by atoms with Gasteiger partial charge in [0, 0.05) is 28.6 Å². The molecule has 4 rings (SSSR count). The number of halogens is 1. The van der Waals surface area contributed by atoms with Crippen molar-refractivity contribution in [3.63, 3.8) is 0 Å². The van der Waals surface area contributed by atoms with E-state index in [1.165, 1.54) is 12.0 Å². The van der Waals surface area contributed by atoms with Crippen molar-refractivity contribution >= 4 is 23.4 Å². The van der Waals surface area contributed by atoms with Crippen LogP contribution in [0.4, 0.5) is 0 Å². The molecule has 2 aromatic carbocycles. The van der Waals surface area contributed by atoms with Gasteiger partial charge in [0.05, 0.1) is 6.10 Å². The fourth-order valence-corrected chi connectivity index (χ4v) is 4.74. The summed E-state index contributed by atoms with van der Waals surface area (Å²) in [6.45, 7) is 7.53. The van der Waals surface area contributed by atoms with Gasteiger partial charge in [-0.25, -0.2) is 0 Å². The molecule has 6 heteroatoms. The molecule has 1 atom stereocenters. The van der Waals surface area contributed by atoms with Crippen LogP contribution in [0.5, 0.6) is 0 Å². The molecule has 1 fully saturated rings. The summed E-state index contributed by atoms with van der Waals surface area (Å²) in [6.07, 6.45) is 3.80. The number of thioether (sulfide) groups is 1. The largest absolute Gasteiger partial charge is 0.377 e. The molecule has 1 aliphatic rings. The van der Waals surface area contributed by atoms with Crippen molar-refractivity contribution in [2.75, 3.05) is 12.4 Å². The minimum atomic E-state index is 0.114. The highest BCUT2D eigenvalue weighted by atomic mass is 35.5. The molecule has 158 valence electrons.